The molecule has 0 saturated carbocycles. The molecule has 0 aliphatic heterocycles. The van der Waals surface area contributed by atoms with Crippen molar-refractivity contribution in [2.45, 2.75) is 34.6 Å². The van der Waals surface area contributed by atoms with E-state index in [1.54, 1.807) is 0 Å². The Morgan fingerprint density at radius 2 is 1.74 bits per heavy atom. The lowest BCUT2D eigenvalue weighted by Crippen LogP contribution is -2.23. The van der Waals surface area contributed by atoms with Gasteiger partial charge in [-0.3, -0.25) is 4.98 Å². The van der Waals surface area contributed by atoms with E-state index >= 15 is 0 Å². The minimum absolute atomic E-state index is 1.01. The highest BCUT2D eigenvalue weighted by atomic mass is 14.6. The van der Waals surface area contributed by atoms with Gasteiger partial charge in [0.05, 0.1) is 5.52 Å². The second-order valence-corrected chi connectivity index (χ2v) is 3.41. The van der Waals surface area contributed by atoms with Gasteiger partial charge in [0, 0.05) is 16.8 Å². The SMILES string of the molecule is C=c1ccc2cccnc2/c1=C/C=C\C.CC.CC. The quantitative estimate of drug-likeness (QED) is 0.749. The molecule has 0 N–H and O–H groups in total. The fourth-order valence-electron chi connectivity index (χ4n) is 1.59. The van der Waals surface area contributed by atoms with Crippen molar-refractivity contribution in [3.8, 4) is 0 Å². The molecule has 0 saturated heterocycles. The molecule has 0 amide bonds. The third-order valence-electron chi connectivity index (χ3n) is 2.36. The van der Waals surface area contributed by atoms with Gasteiger partial charge in [-0.15, -0.1) is 0 Å². The van der Waals surface area contributed by atoms with Crippen LogP contribution in [0.25, 0.3) is 23.6 Å². The predicted octanol–water partition coefficient (Wildman–Crippen LogP) is 4.05. The van der Waals surface area contributed by atoms with Crippen LogP contribution in [0.3, 0.4) is 0 Å². The fourth-order valence-corrected chi connectivity index (χ4v) is 1.59. The maximum absolute atomic E-state index is 4.39. The molecule has 0 unspecified atom stereocenters. The minimum Gasteiger partial charge on any atom is -0.256 e. The molecular formula is C18H25N. The van der Waals surface area contributed by atoms with Crippen LogP contribution in [0.15, 0.2) is 42.6 Å². The molecule has 1 nitrogen and oxygen atoms in total. The van der Waals surface area contributed by atoms with E-state index < -0.39 is 0 Å². The van der Waals surface area contributed by atoms with E-state index in [0.717, 1.165) is 21.3 Å². The van der Waals surface area contributed by atoms with Gasteiger partial charge < -0.3 is 0 Å². The molecule has 2 aromatic rings. The summed E-state index contributed by atoms with van der Waals surface area (Å²) in [6.45, 7) is 14.0. The Kier molecular flexibility index (Phi) is 9.07. The minimum atomic E-state index is 1.01. The van der Waals surface area contributed by atoms with Crippen molar-refractivity contribution in [2.24, 2.45) is 0 Å². The van der Waals surface area contributed by atoms with E-state index in [1.165, 1.54) is 0 Å². The molecule has 1 aromatic heterocycles. The van der Waals surface area contributed by atoms with Gasteiger partial charge in [-0.25, -0.2) is 0 Å². The van der Waals surface area contributed by atoms with Crippen LogP contribution in [0.1, 0.15) is 34.6 Å². The first kappa shape index (κ1) is 17.1. The molecule has 102 valence electrons. The van der Waals surface area contributed by atoms with Crippen molar-refractivity contribution in [1.82, 2.24) is 4.98 Å². The Morgan fingerprint density at radius 1 is 1.05 bits per heavy atom. The Labute approximate surface area is 117 Å². The van der Waals surface area contributed by atoms with Gasteiger partial charge in [-0.2, -0.15) is 0 Å². The Balaban J connectivity index is 0.000000741. The van der Waals surface area contributed by atoms with Gasteiger partial charge in [0.15, 0.2) is 0 Å². The van der Waals surface area contributed by atoms with Crippen LogP contribution in [0.4, 0.5) is 0 Å². The van der Waals surface area contributed by atoms with Crippen LogP contribution < -0.4 is 10.4 Å². The second kappa shape index (κ2) is 10.1. The molecule has 0 spiro atoms. The summed E-state index contributed by atoms with van der Waals surface area (Å²) in [4.78, 5) is 4.39. The van der Waals surface area contributed by atoms with E-state index in [2.05, 4.69) is 29.8 Å². The first-order chi connectivity index (χ1) is 9.33. The number of rotatable bonds is 1. The summed E-state index contributed by atoms with van der Waals surface area (Å²) in [5, 5.41) is 3.27. The van der Waals surface area contributed by atoms with Crippen molar-refractivity contribution >= 4 is 23.6 Å². The monoisotopic (exact) mass is 255 g/mol. The van der Waals surface area contributed by atoms with Crippen LogP contribution in [-0.2, 0) is 0 Å². The highest BCUT2D eigenvalue weighted by Gasteiger charge is 1.94. The first-order valence-electron chi connectivity index (χ1n) is 6.98. The van der Waals surface area contributed by atoms with Crippen LogP contribution in [0, 0.1) is 0 Å². The Hall–Kier alpha value is -1.89. The number of hydrogen-bond acceptors (Lipinski definition) is 1. The van der Waals surface area contributed by atoms with Crippen LogP contribution in [0.5, 0.6) is 0 Å². The molecule has 0 fully saturated rings. The molecule has 0 aliphatic rings. The molecule has 1 heteroatoms. The van der Waals surface area contributed by atoms with Crippen molar-refractivity contribution in [2.75, 3.05) is 0 Å². The normalized spacial score (nSPS) is 10.7. The third-order valence-corrected chi connectivity index (χ3v) is 2.36. The third kappa shape index (κ3) is 4.70. The number of allylic oxidation sites excluding steroid dienone is 2. The molecular weight excluding hydrogens is 230 g/mol. The molecule has 1 heterocycles. The lowest BCUT2D eigenvalue weighted by Gasteiger charge is -1.97. The Morgan fingerprint density at radius 3 is 2.37 bits per heavy atom. The summed E-state index contributed by atoms with van der Waals surface area (Å²) in [5.41, 5.74) is 1.02. The maximum atomic E-state index is 4.39. The largest absolute Gasteiger partial charge is 0.256 e. The zero-order valence-corrected chi connectivity index (χ0v) is 12.8. The van der Waals surface area contributed by atoms with Gasteiger partial charge >= 0.3 is 0 Å². The summed E-state index contributed by atoms with van der Waals surface area (Å²) in [7, 11) is 0. The maximum Gasteiger partial charge on any atom is 0.0780 e. The molecule has 0 aliphatic carbocycles. The molecule has 0 radical (unpaired) electrons. The molecule has 19 heavy (non-hydrogen) atoms. The first-order valence-corrected chi connectivity index (χ1v) is 6.98. The molecule has 0 bridgehead atoms. The number of benzene rings is 1. The predicted molar refractivity (Wildman–Crippen MR) is 88.5 cm³/mol. The van der Waals surface area contributed by atoms with Gasteiger partial charge in [-0.1, -0.05) is 70.7 Å². The van der Waals surface area contributed by atoms with Crippen molar-refractivity contribution < 1.29 is 0 Å². The summed E-state index contributed by atoms with van der Waals surface area (Å²) >= 11 is 0. The number of nitrogens with zero attached hydrogens (tertiary/aromatic N) is 1. The van der Waals surface area contributed by atoms with E-state index in [1.807, 2.05) is 65.1 Å². The van der Waals surface area contributed by atoms with Crippen LogP contribution in [-0.4, -0.2) is 4.98 Å². The highest BCUT2D eigenvalue weighted by molar-refractivity contribution is 5.80. The van der Waals surface area contributed by atoms with Crippen LogP contribution in [0.2, 0.25) is 0 Å². The average Bonchev–Trinajstić information content (AvgIpc) is 2.50. The Bertz CT molecular complexity index is 609. The molecule has 1 aromatic carbocycles. The highest BCUT2D eigenvalue weighted by Crippen LogP contribution is 2.02. The van der Waals surface area contributed by atoms with Gasteiger partial charge in [0.25, 0.3) is 0 Å². The van der Waals surface area contributed by atoms with Crippen molar-refractivity contribution in [1.29, 1.82) is 0 Å². The number of hydrogen-bond donors (Lipinski definition) is 0. The van der Waals surface area contributed by atoms with Gasteiger partial charge in [-0.05, 0) is 18.2 Å². The zero-order chi connectivity index (χ0) is 14.7. The number of aromatic nitrogens is 1. The smallest absolute Gasteiger partial charge is 0.0780 e. The number of fused-ring (bicyclic) bond motifs is 1. The fraction of sp³-hybridized carbons (Fsp3) is 0.278. The van der Waals surface area contributed by atoms with E-state index in [4.69, 9.17) is 0 Å². The molecule has 0 atom stereocenters. The lowest BCUT2D eigenvalue weighted by atomic mass is 10.1. The number of pyridine rings is 1. The van der Waals surface area contributed by atoms with E-state index in [0.29, 0.717) is 0 Å². The second-order valence-electron chi connectivity index (χ2n) is 3.41. The van der Waals surface area contributed by atoms with Crippen LogP contribution >= 0.6 is 0 Å². The standard InChI is InChI=1S/C14H13N.2C2H6/c1-3-4-7-13-11(2)8-9-12-6-5-10-15-14(12)13;2*1-2/h3-10H,2H2,1H3;2*1-2H3/b4-3-,13-7+;;. The summed E-state index contributed by atoms with van der Waals surface area (Å²) < 4.78 is 0. The lowest BCUT2D eigenvalue weighted by molar-refractivity contribution is 1.38. The summed E-state index contributed by atoms with van der Waals surface area (Å²) in [5.74, 6) is 0. The topological polar surface area (TPSA) is 12.9 Å². The van der Waals surface area contributed by atoms with Gasteiger partial charge in [0.2, 0.25) is 0 Å². The summed E-state index contributed by atoms with van der Waals surface area (Å²) in [6.07, 6.45) is 7.88. The van der Waals surface area contributed by atoms with Crippen molar-refractivity contribution in [3.63, 3.8) is 0 Å². The summed E-state index contributed by atoms with van der Waals surface area (Å²) in [6, 6.07) is 8.09. The molecule has 2 rings (SSSR count). The van der Waals surface area contributed by atoms with Gasteiger partial charge in [0.1, 0.15) is 0 Å². The average molecular weight is 255 g/mol. The van der Waals surface area contributed by atoms with E-state index in [9.17, 15) is 0 Å². The van der Waals surface area contributed by atoms with E-state index in [-0.39, 0.29) is 0 Å². The van der Waals surface area contributed by atoms with Crippen molar-refractivity contribution in [3.05, 3.63) is 53.1 Å². The zero-order valence-electron chi connectivity index (χ0n) is 12.8.